The Labute approximate surface area is 202 Å². The summed E-state index contributed by atoms with van der Waals surface area (Å²) in [5.74, 6) is -1.31. The molecular weight excluding hydrogens is 482 g/mol. The SMILES string of the molecule is C=C1[C@H](NC(=O)OC(C)(C)C)[C@@H](c2cc(F)ccc2F)OC[C@@H]1N1Cc2cn(S(C)(=O)=O)nc2C1. The van der Waals surface area contributed by atoms with Crippen LogP contribution in [-0.2, 0) is 32.6 Å². The van der Waals surface area contributed by atoms with Crippen molar-refractivity contribution >= 4 is 16.1 Å². The fourth-order valence-electron chi connectivity index (χ4n) is 4.29. The van der Waals surface area contributed by atoms with Crippen molar-refractivity contribution in [3.05, 3.63) is 65.0 Å². The first-order valence-corrected chi connectivity index (χ1v) is 12.8. The molecule has 9 nitrogen and oxygen atoms in total. The molecule has 4 rings (SSSR count). The molecule has 1 aromatic carbocycles. The number of benzene rings is 1. The molecule has 0 spiro atoms. The summed E-state index contributed by atoms with van der Waals surface area (Å²) in [4.78, 5) is 14.6. The fraction of sp³-hybridized carbons (Fsp3) is 0.478. The van der Waals surface area contributed by atoms with Gasteiger partial charge in [0, 0.05) is 30.4 Å². The number of carbonyl (C=O) groups is 1. The highest BCUT2D eigenvalue weighted by molar-refractivity contribution is 7.89. The highest BCUT2D eigenvalue weighted by atomic mass is 32.2. The molecule has 0 radical (unpaired) electrons. The average Bonchev–Trinajstić information content (AvgIpc) is 3.29. The van der Waals surface area contributed by atoms with E-state index in [1.807, 2.05) is 4.90 Å². The first kappa shape index (κ1) is 25.3. The number of fused-ring (bicyclic) bond motifs is 1. The second-order valence-electron chi connectivity index (χ2n) is 9.78. The molecule has 0 aliphatic carbocycles. The Morgan fingerprint density at radius 1 is 1.29 bits per heavy atom. The van der Waals surface area contributed by atoms with Crippen molar-refractivity contribution in [3.63, 3.8) is 0 Å². The summed E-state index contributed by atoms with van der Waals surface area (Å²) in [6.45, 7) is 10.1. The summed E-state index contributed by atoms with van der Waals surface area (Å²) in [5, 5.41) is 6.88. The van der Waals surface area contributed by atoms with Crippen molar-refractivity contribution < 1.29 is 31.5 Å². The van der Waals surface area contributed by atoms with Gasteiger partial charge in [0.25, 0.3) is 10.0 Å². The zero-order valence-electron chi connectivity index (χ0n) is 19.9. The van der Waals surface area contributed by atoms with Crippen molar-refractivity contribution in [2.75, 3.05) is 12.9 Å². The van der Waals surface area contributed by atoms with Gasteiger partial charge in [-0.3, -0.25) is 4.90 Å². The largest absolute Gasteiger partial charge is 0.444 e. The van der Waals surface area contributed by atoms with E-state index in [9.17, 15) is 22.0 Å². The lowest BCUT2D eigenvalue weighted by molar-refractivity contribution is -0.0346. The van der Waals surface area contributed by atoms with Crippen LogP contribution in [0, 0.1) is 11.6 Å². The van der Waals surface area contributed by atoms with Crippen molar-refractivity contribution in [2.45, 2.75) is 57.6 Å². The lowest BCUT2D eigenvalue weighted by atomic mass is 9.88. The number of hydrogen-bond donors (Lipinski definition) is 1. The molecule has 1 aromatic heterocycles. The maximum Gasteiger partial charge on any atom is 0.408 e. The minimum atomic E-state index is -3.50. The Morgan fingerprint density at radius 2 is 2.00 bits per heavy atom. The van der Waals surface area contributed by atoms with Gasteiger partial charge in [-0.05, 0) is 44.5 Å². The molecule has 0 unspecified atom stereocenters. The third kappa shape index (κ3) is 5.39. The summed E-state index contributed by atoms with van der Waals surface area (Å²) in [6.07, 6.45) is 0.770. The number of halogens is 2. The van der Waals surface area contributed by atoms with Crippen molar-refractivity contribution in [1.29, 1.82) is 0 Å². The summed E-state index contributed by atoms with van der Waals surface area (Å²) in [5.41, 5.74) is 1.07. The van der Waals surface area contributed by atoms with E-state index in [1.54, 1.807) is 20.8 Å². The van der Waals surface area contributed by atoms with Gasteiger partial charge in [-0.1, -0.05) is 6.58 Å². The molecule has 2 aliphatic rings. The Bertz CT molecular complexity index is 1250. The number of nitrogens with zero attached hydrogens (tertiary/aromatic N) is 3. The normalized spacial score (nSPS) is 23.3. The summed E-state index contributed by atoms with van der Waals surface area (Å²) < 4.78 is 64.5. The van der Waals surface area contributed by atoms with Gasteiger partial charge < -0.3 is 14.8 Å². The second kappa shape index (κ2) is 8.99. The number of nitrogens with one attached hydrogen (secondary N) is 1. The molecule has 2 aromatic rings. The number of rotatable bonds is 4. The van der Waals surface area contributed by atoms with Crippen molar-refractivity contribution in [1.82, 2.24) is 19.4 Å². The van der Waals surface area contributed by atoms with Crippen LogP contribution in [0.5, 0.6) is 0 Å². The standard InChI is InChI=1S/C23H28F2N4O5S/c1-13-19(28-9-14-10-29(35(5,31)32)27-18(14)11-28)12-33-21(16-8-15(24)6-7-17(16)25)20(13)26-22(30)34-23(2,3)4/h6-8,10,19-21H,1,9,11-12H2,2-5H3,(H,26,30)/t19-,20-,21+/m0/s1. The highest BCUT2D eigenvalue weighted by Crippen LogP contribution is 2.37. The van der Waals surface area contributed by atoms with Crippen LogP contribution in [0.3, 0.4) is 0 Å². The Morgan fingerprint density at radius 3 is 2.63 bits per heavy atom. The topological polar surface area (TPSA) is 103 Å². The third-order valence-electron chi connectivity index (χ3n) is 5.86. The van der Waals surface area contributed by atoms with Crippen LogP contribution in [0.2, 0.25) is 0 Å². The van der Waals surface area contributed by atoms with Gasteiger partial charge in [0.1, 0.15) is 23.3 Å². The molecule has 3 atom stereocenters. The molecule has 1 fully saturated rings. The molecule has 1 amide bonds. The van der Waals surface area contributed by atoms with Gasteiger partial charge in [0.2, 0.25) is 0 Å². The van der Waals surface area contributed by atoms with Crippen molar-refractivity contribution in [3.8, 4) is 0 Å². The van der Waals surface area contributed by atoms with Gasteiger partial charge >= 0.3 is 6.09 Å². The molecule has 3 heterocycles. The number of alkyl carbamates (subject to hydrolysis) is 1. The fourth-order valence-corrected chi connectivity index (χ4v) is 4.85. The Hall–Kier alpha value is -2.83. The van der Waals surface area contributed by atoms with E-state index in [-0.39, 0.29) is 12.2 Å². The number of amides is 1. The minimum absolute atomic E-state index is 0.0418. The van der Waals surface area contributed by atoms with Gasteiger partial charge in [-0.15, -0.1) is 0 Å². The van der Waals surface area contributed by atoms with Crippen LogP contribution in [0.1, 0.15) is 43.7 Å². The minimum Gasteiger partial charge on any atom is -0.444 e. The zero-order valence-corrected chi connectivity index (χ0v) is 20.7. The van der Waals surface area contributed by atoms with Crippen LogP contribution < -0.4 is 5.32 Å². The molecule has 1 N–H and O–H groups in total. The van der Waals surface area contributed by atoms with Gasteiger partial charge in [-0.2, -0.15) is 9.19 Å². The monoisotopic (exact) mass is 510 g/mol. The number of aromatic nitrogens is 2. The van der Waals surface area contributed by atoms with E-state index in [1.165, 1.54) is 6.20 Å². The average molecular weight is 511 g/mol. The predicted octanol–water partition coefficient (Wildman–Crippen LogP) is 2.87. The van der Waals surface area contributed by atoms with E-state index >= 15 is 0 Å². The van der Waals surface area contributed by atoms with Crippen LogP contribution in [0.15, 0.2) is 36.5 Å². The van der Waals surface area contributed by atoms with E-state index in [0.717, 1.165) is 34.1 Å². The highest BCUT2D eigenvalue weighted by Gasteiger charge is 2.42. The van der Waals surface area contributed by atoms with Crippen LogP contribution in [-0.4, -0.2) is 59.1 Å². The first-order valence-electron chi connectivity index (χ1n) is 11.0. The number of hydrogen-bond acceptors (Lipinski definition) is 7. The maximum absolute atomic E-state index is 14.6. The van der Waals surface area contributed by atoms with Crippen LogP contribution in [0.25, 0.3) is 0 Å². The summed E-state index contributed by atoms with van der Waals surface area (Å²) in [7, 11) is -3.50. The molecule has 2 aliphatic heterocycles. The van der Waals surface area contributed by atoms with Gasteiger partial charge in [0.05, 0.1) is 30.6 Å². The second-order valence-corrected chi connectivity index (χ2v) is 11.6. The number of ether oxygens (including phenoxy) is 2. The molecule has 12 heteroatoms. The molecule has 35 heavy (non-hydrogen) atoms. The van der Waals surface area contributed by atoms with Gasteiger partial charge in [0.15, 0.2) is 0 Å². The van der Waals surface area contributed by atoms with Gasteiger partial charge in [-0.25, -0.2) is 22.0 Å². The predicted molar refractivity (Wildman–Crippen MR) is 123 cm³/mol. The summed E-state index contributed by atoms with van der Waals surface area (Å²) in [6, 6.07) is 1.74. The maximum atomic E-state index is 14.6. The lowest BCUT2D eigenvalue weighted by Crippen LogP contribution is -2.53. The first-order chi connectivity index (χ1) is 16.2. The zero-order chi connectivity index (χ0) is 25.7. The smallest absolute Gasteiger partial charge is 0.408 e. The van der Waals surface area contributed by atoms with Crippen LogP contribution in [0.4, 0.5) is 13.6 Å². The van der Waals surface area contributed by atoms with E-state index in [2.05, 4.69) is 17.0 Å². The lowest BCUT2D eigenvalue weighted by Gasteiger charge is -2.42. The molecule has 0 saturated carbocycles. The summed E-state index contributed by atoms with van der Waals surface area (Å²) >= 11 is 0. The van der Waals surface area contributed by atoms with E-state index in [0.29, 0.717) is 24.4 Å². The molecule has 0 bridgehead atoms. The molecular formula is C23H28F2N4O5S. The quantitative estimate of drug-likeness (QED) is 0.631. The Balaban J connectivity index is 1.59. The van der Waals surface area contributed by atoms with Crippen molar-refractivity contribution in [2.24, 2.45) is 0 Å². The molecule has 1 saturated heterocycles. The van der Waals surface area contributed by atoms with E-state index < -0.39 is 51.5 Å². The number of carbonyl (C=O) groups excluding carboxylic acids is 1. The van der Waals surface area contributed by atoms with Crippen LogP contribution >= 0.6 is 0 Å². The Kier molecular flexibility index (Phi) is 6.49. The van der Waals surface area contributed by atoms with E-state index in [4.69, 9.17) is 9.47 Å². The molecule has 190 valence electrons. The third-order valence-corrected chi connectivity index (χ3v) is 6.73.